The van der Waals surface area contributed by atoms with Crippen molar-refractivity contribution in [1.29, 1.82) is 0 Å². The number of rotatable bonds is 8. The zero-order chi connectivity index (χ0) is 22.5. The lowest BCUT2D eigenvalue weighted by atomic mass is 10.3. The number of ether oxygens (including phenoxy) is 1. The quantitative estimate of drug-likeness (QED) is 0.483. The Morgan fingerprint density at radius 1 is 1.16 bits per heavy atom. The number of nitrogens with zero attached hydrogens (tertiary/aromatic N) is 4. The van der Waals surface area contributed by atoms with Crippen LogP contribution in [0.15, 0.2) is 24.5 Å². The number of anilines is 1. The molecule has 1 aliphatic rings. The normalized spacial score (nSPS) is 14.6. The molecule has 0 spiro atoms. The van der Waals surface area contributed by atoms with Crippen LogP contribution < -0.4 is 10.6 Å². The molecule has 2 N–H and O–H groups in total. The third kappa shape index (κ3) is 5.50. The van der Waals surface area contributed by atoms with Gasteiger partial charge in [-0.3, -0.25) is 24.6 Å². The molecule has 0 aliphatic carbocycles. The van der Waals surface area contributed by atoms with E-state index in [1.165, 1.54) is 16.8 Å². The Morgan fingerprint density at radius 2 is 1.87 bits per heavy atom. The predicted molar refractivity (Wildman–Crippen MR) is 114 cm³/mol. The fraction of sp³-hybridized carbons (Fsp3) is 0.500. The van der Waals surface area contributed by atoms with Crippen molar-refractivity contribution in [2.45, 2.75) is 19.9 Å². The molecule has 11 heteroatoms. The molecule has 3 rings (SSSR count). The minimum absolute atomic E-state index is 0.00164. The Balaban J connectivity index is 1.67. The molecule has 2 aromatic rings. The number of carbonyl (C=O) groups excluding carboxylic acids is 2. The third-order valence-corrected chi connectivity index (χ3v) is 5.15. The van der Waals surface area contributed by atoms with Gasteiger partial charge in [0, 0.05) is 51.5 Å². The summed E-state index contributed by atoms with van der Waals surface area (Å²) in [5, 5.41) is 16.6. The Hall–Kier alpha value is -3.18. The van der Waals surface area contributed by atoms with E-state index in [4.69, 9.17) is 4.74 Å². The van der Waals surface area contributed by atoms with Crippen LogP contribution >= 0.6 is 0 Å². The summed E-state index contributed by atoms with van der Waals surface area (Å²) in [5.41, 5.74) is 0.874. The average molecular weight is 432 g/mol. The number of nitrogens with one attached hydrogen (secondary N) is 2. The van der Waals surface area contributed by atoms with Gasteiger partial charge in [-0.1, -0.05) is 0 Å². The van der Waals surface area contributed by atoms with Gasteiger partial charge in [-0.05, 0) is 19.9 Å². The number of amides is 2. The monoisotopic (exact) mass is 432 g/mol. The van der Waals surface area contributed by atoms with E-state index < -0.39 is 10.8 Å². The largest absolute Gasteiger partial charge is 0.379 e. The van der Waals surface area contributed by atoms with Crippen LogP contribution in [0.2, 0.25) is 0 Å². The lowest BCUT2D eigenvalue weighted by Crippen LogP contribution is -2.41. The van der Waals surface area contributed by atoms with Gasteiger partial charge in [-0.15, -0.1) is 0 Å². The minimum atomic E-state index is -0.550. The first-order valence-electron chi connectivity index (χ1n) is 10.2. The van der Waals surface area contributed by atoms with Crippen molar-refractivity contribution < 1.29 is 19.2 Å². The van der Waals surface area contributed by atoms with Crippen molar-refractivity contribution in [3.63, 3.8) is 0 Å². The lowest BCUT2D eigenvalue weighted by molar-refractivity contribution is -0.384. The molecule has 1 saturated heterocycles. The Kier molecular flexibility index (Phi) is 7.08. The standard InChI is InChI=1S/C20H28N6O5/c1-14(2)25-12-15(22-20(28)17-11-16(26(29)30)13-23(17)3)10-18(25)19(27)21-4-5-24-6-8-31-9-7-24/h10-14H,4-9H2,1-3H3,(H,21,27)(H,22,28). The number of aromatic nitrogens is 2. The van der Waals surface area contributed by atoms with Crippen LogP contribution in [-0.2, 0) is 11.8 Å². The van der Waals surface area contributed by atoms with Gasteiger partial charge in [-0.2, -0.15) is 0 Å². The van der Waals surface area contributed by atoms with E-state index in [2.05, 4.69) is 15.5 Å². The SMILES string of the molecule is CC(C)n1cc(NC(=O)c2cc([N+](=O)[O-])cn2C)cc1C(=O)NCCN1CCOCC1. The molecule has 168 valence electrons. The Labute approximate surface area is 180 Å². The summed E-state index contributed by atoms with van der Waals surface area (Å²) in [6, 6.07) is 2.83. The van der Waals surface area contributed by atoms with Crippen molar-refractivity contribution in [2.24, 2.45) is 7.05 Å². The van der Waals surface area contributed by atoms with Gasteiger partial charge in [0.25, 0.3) is 17.5 Å². The molecule has 2 amide bonds. The van der Waals surface area contributed by atoms with Gasteiger partial charge in [0.15, 0.2) is 0 Å². The summed E-state index contributed by atoms with van der Waals surface area (Å²) in [7, 11) is 1.56. The summed E-state index contributed by atoms with van der Waals surface area (Å²) >= 11 is 0. The highest BCUT2D eigenvalue weighted by Gasteiger charge is 2.21. The molecule has 0 atom stereocenters. The minimum Gasteiger partial charge on any atom is -0.379 e. The maximum Gasteiger partial charge on any atom is 0.287 e. The maximum atomic E-state index is 12.7. The highest BCUT2D eigenvalue weighted by atomic mass is 16.6. The van der Waals surface area contributed by atoms with E-state index in [1.54, 1.807) is 23.9 Å². The summed E-state index contributed by atoms with van der Waals surface area (Å²) < 4.78 is 8.50. The van der Waals surface area contributed by atoms with Crippen molar-refractivity contribution >= 4 is 23.2 Å². The topological polar surface area (TPSA) is 124 Å². The van der Waals surface area contributed by atoms with Gasteiger partial charge in [-0.25, -0.2) is 0 Å². The highest BCUT2D eigenvalue weighted by molar-refractivity contribution is 6.04. The number of hydrogen-bond donors (Lipinski definition) is 2. The second-order valence-corrected chi connectivity index (χ2v) is 7.73. The fourth-order valence-electron chi connectivity index (χ4n) is 3.47. The van der Waals surface area contributed by atoms with E-state index in [0.717, 1.165) is 19.6 Å². The van der Waals surface area contributed by atoms with Crippen molar-refractivity contribution in [3.05, 3.63) is 46.0 Å². The summed E-state index contributed by atoms with van der Waals surface area (Å²) in [4.78, 5) is 38.0. The van der Waals surface area contributed by atoms with Crippen LogP contribution in [0.3, 0.4) is 0 Å². The lowest BCUT2D eigenvalue weighted by Gasteiger charge is -2.26. The molecule has 0 aromatic carbocycles. The molecule has 31 heavy (non-hydrogen) atoms. The molecular weight excluding hydrogens is 404 g/mol. The summed E-state index contributed by atoms with van der Waals surface area (Å²) in [6.45, 7) is 8.25. The molecule has 0 bridgehead atoms. The molecule has 11 nitrogen and oxygen atoms in total. The van der Waals surface area contributed by atoms with Crippen LogP contribution in [0.4, 0.5) is 11.4 Å². The molecule has 0 saturated carbocycles. The number of carbonyl (C=O) groups is 2. The third-order valence-electron chi connectivity index (χ3n) is 5.15. The van der Waals surface area contributed by atoms with Crippen LogP contribution in [0.25, 0.3) is 0 Å². The second kappa shape index (κ2) is 9.75. The summed E-state index contributed by atoms with van der Waals surface area (Å²) in [6.07, 6.45) is 2.97. The zero-order valence-electron chi connectivity index (χ0n) is 18.0. The molecule has 1 aliphatic heterocycles. The molecule has 2 aromatic heterocycles. The van der Waals surface area contributed by atoms with Crippen LogP contribution in [-0.4, -0.2) is 70.2 Å². The van der Waals surface area contributed by atoms with Crippen molar-refractivity contribution in [1.82, 2.24) is 19.4 Å². The molecule has 0 unspecified atom stereocenters. The first-order valence-corrected chi connectivity index (χ1v) is 10.2. The van der Waals surface area contributed by atoms with Gasteiger partial charge in [0.2, 0.25) is 0 Å². The van der Waals surface area contributed by atoms with Crippen LogP contribution in [0.5, 0.6) is 0 Å². The number of aryl methyl sites for hydroxylation is 1. The van der Waals surface area contributed by atoms with E-state index >= 15 is 0 Å². The zero-order valence-corrected chi connectivity index (χ0v) is 18.0. The van der Waals surface area contributed by atoms with Gasteiger partial charge < -0.3 is 24.5 Å². The van der Waals surface area contributed by atoms with E-state index in [-0.39, 0.29) is 23.3 Å². The van der Waals surface area contributed by atoms with Crippen LogP contribution in [0, 0.1) is 10.1 Å². The average Bonchev–Trinajstić information content (AvgIpc) is 3.33. The second-order valence-electron chi connectivity index (χ2n) is 7.73. The predicted octanol–water partition coefficient (Wildman–Crippen LogP) is 1.63. The first-order chi connectivity index (χ1) is 14.8. The van der Waals surface area contributed by atoms with E-state index in [9.17, 15) is 19.7 Å². The molecule has 0 radical (unpaired) electrons. The Bertz CT molecular complexity index is 957. The van der Waals surface area contributed by atoms with Gasteiger partial charge >= 0.3 is 0 Å². The van der Waals surface area contributed by atoms with E-state index in [1.807, 2.05) is 13.8 Å². The number of hydrogen-bond acceptors (Lipinski definition) is 6. The van der Waals surface area contributed by atoms with Gasteiger partial charge in [0.1, 0.15) is 11.4 Å². The number of morpholine rings is 1. The van der Waals surface area contributed by atoms with Crippen molar-refractivity contribution in [3.8, 4) is 0 Å². The highest BCUT2D eigenvalue weighted by Crippen LogP contribution is 2.21. The van der Waals surface area contributed by atoms with E-state index in [0.29, 0.717) is 31.1 Å². The Morgan fingerprint density at radius 3 is 2.48 bits per heavy atom. The first kappa shape index (κ1) is 22.5. The fourth-order valence-corrected chi connectivity index (χ4v) is 3.47. The maximum absolute atomic E-state index is 12.7. The summed E-state index contributed by atoms with van der Waals surface area (Å²) in [5.74, 6) is -0.715. The smallest absolute Gasteiger partial charge is 0.287 e. The number of nitro groups is 1. The molecular formula is C20H28N6O5. The van der Waals surface area contributed by atoms with Gasteiger partial charge in [0.05, 0.1) is 30.0 Å². The van der Waals surface area contributed by atoms with Crippen LogP contribution in [0.1, 0.15) is 40.9 Å². The molecule has 3 heterocycles. The molecule has 1 fully saturated rings. The van der Waals surface area contributed by atoms with Crippen molar-refractivity contribution in [2.75, 3.05) is 44.7 Å².